The topological polar surface area (TPSA) is 66.9 Å². The summed E-state index contributed by atoms with van der Waals surface area (Å²) in [5, 5.41) is 6.09. The predicted octanol–water partition coefficient (Wildman–Crippen LogP) is 2.86. The third-order valence-corrected chi connectivity index (χ3v) is 2.92. The first kappa shape index (κ1) is 14.0. The van der Waals surface area contributed by atoms with E-state index in [2.05, 4.69) is 27.5 Å². The van der Waals surface area contributed by atoms with Gasteiger partial charge in [0.15, 0.2) is 0 Å². The molecule has 2 rings (SSSR count). The highest BCUT2D eigenvalue weighted by Gasteiger charge is 2.12. The van der Waals surface area contributed by atoms with Crippen LogP contribution in [-0.2, 0) is 0 Å². The largest absolute Gasteiger partial charge is 0.384 e. The zero-order valence-electron chi connectivity index (χ0n) is 11.7. The predicted molar refractivity (Wildman–Crippen MR) is 79.9 cm³/mol. The van der Waals surface area contributed by atoms with Gasteiger partial charge < -0.3 is 10.6 Å². The van der Waals surface area contributed by atoms with E-state index in [0.29, 0.717) is 11.3 Å². The molecule has 0 spiro atoms. The van der Waals surface area contributed by atoms with E-state index in [9.17, 15) is 4.79 Å². The molecule has 2 N–H and O–H groups in total. The van der Waals surface area contributed by atoms with Crippen molar-refractivity contribution in [1.29, 1.82) is 0 Å². The molecular formula is C15H18N4O. The summed E-state index contributed by atoms with van der Waals surface area (Å²) in [6, 6.07) is 3.66. The van der Waals surface area contributed by atoms with Gasteiger partial charge in [-0.1, -0.05) is 6.92 Å². The Balaban J connectivity index is 2.19. The van der Waals surface area contributed by atoms with Crippen molar-refractivity contribution in [1.82, 2.24) is 9.97 Å². The minimum atomic E-state index is -0.187. The summed E-state index contributed by atoms with van der Waals surface area (Å²) >= 11 is 0. The number of anilines is 2. The molecule has 2 aromatic heterocycles. The molecule has 0 saturated heterocycles. The molecular weight excluding hydrogens is 252 g/mol. The third kappa shape index (κ3) is 3.32. The van der Waals surface area contributed by atoms with Crippen LogP contribution in [0.1, 0.15) is 29.3 Å². The van der Waals surface area contributed by atoms with Gasteiger partial charge in [0.25, 0.3) is 5.91 Å². The summed E-state index contributed by atoms with van der Waals surface area (Å²) in [7, 11) is 0. The minimum absolute atomic E-state index is 0.187. The number of carbonyl (C=O) groups is 1. The number of hydrogen-bond acceptors (Lipinski definition) is 4. The van der Waals surface area contributed by atoms with Gasteiger partial charge in [-0.15, -0.1) is 0 Å². The Morgan fingerprint density at radius 3 is 2.65 bits per heavy atom. The average molecular weight is 270 g/mol. The number of aryl methyl sites for hydroxylation is 1. The van der Waals surface area contributed by atoms with E-state index < -0.39 is 0 Å². The number of aromatic nitrogens is 2. The summed E-state index contributed by atoms with van der Waals surface area (Å²) < 4.78 is 0. The number of amides is 1. The number of carbonyl (C=O) groups excluding carboxylic acids is 1. The maximum absolute atomic E-state index is 12.3. The summed E-state index contributed by atoms with van der Waals surface area (Å²) in [5.41, 5.74) is 3.01. The molecule has 0 bridgehead atoms. The van der Waals surface area contributed by atoms with Gasteiger partial charge in [-0.05, 0) is 31.0 Å². The molecule has 104 valence electrons. The lowest BCUT2D eigenvalue weighted by Gasteiger charge is -2.12. The first-order valence-corrected chi connectivity index (χ1v) is 6.62. The van der Waals surface area contributed by atoms with Crippen LogP contribution in [0.4, 0.5) is 11.4 Å². The normalized spacial score (nSPS) is 10.1. The Bertz CT molecular complexity index is 598. The molecule has 1 amide bonds. The van der Waals surface area contributed by atoms with Crippen molar-refractivity contribution < 1.29 is 4.79 Å². The maximum atomic E-state index is 12.3. The van der Waals surface area contributed by atoms with Crippen LogP contribution in [0.25, 0.3) is 0 Å². The van der Waals surface area contributed by atoms with Crippen LogP contribution < -0.4 is 10.6 Å². The smallest absolute Gasteiger partial charge is 0.259 e. The molecule has 0 aliphatic rings. The molecule has 2 heterocycles. The lowest BCUT2D eigenvalue weighted by molar-refractivity contribution is 0.102. The summed E-state index contributed by atoms with van der Waals surface area (Å²) in [6.07, 6.45) is 7.57. The zero-order chi connectivity index (χ0) is 14.4. The van der Waals surface area contributed by atoms with Crippen molar-refractivity contribution >= 4 is 17.3 Å². The number of nitrogens with one attached hydrogen (secondary N) is 2. The highest BCUT2D eigenvalue weighted by molar-refractivity contribution is 6.08. The second kappa shape index (κ2) is 6.65. The fourth-order valence-corrected chi connectivity index (χ4v) is 1.77. The first-order chi connectivity index (χ1) is 9.72. The van der Waals surface area contributed by atoms with Crippen molar-refractivity contribution in [3.8, 4) is 0 Å². The Hall–Kier alpha value is -2.43. The van der Waals surface area contributed by atoms with E-state index >= 15 is 0 Å². The highest BCUT2D eigenvalue weighted by Crippen LogP contribution is 2.17. The van der Waals surface area contributed by atoms with Gasteiger partial charge in [0, 0.05) is 25.1 Å². The van der Waals surface area contributed by atoms with E-state index in [1.165, 1.54) is 0 Å². The zero-order valence-corrected chi connectivity index (χ0v) is 11.7. The Morgan fingerprint density at radius 2 is 1.90 bits per heavy atom. The minimum Gasteiger partial charge on any atom is -0.384 e. The lowest BCUT2D eigenvalue weighted by atomic mass is 10.2. The summed E-state index contributed by atoms with van der Waals surface area (Å²) in [6.45, 7) is 4.82. The monoisotopic (exact) mass is 270 g/mol. The van der Waals surface area contributed by atoms with E-state index in [1.807, 2.05) is 13.0 Å². The molecule has 0 aromatic carbocycles. The molecule has 0 aliphatic carbocycles. The fourth-order valence-electron chi connectivity index (χ4n) is 1.77. The molecule has 0 atom stereocenters. The maximum Gasteiger partial charge on any atom is 0.259 e. The van der Waals surface area contributed by atoms with Gasteiger partial charge >= 0.3 is 0 Å². The van der Waals surface area contributed by atoms with Crippen molar-refractivity contribution in [2.24, 2.45) is 0 Å². The Morgan fingerprint density at radius 1 is 1.15 bits per heavy atom. The SMILES string of the molecule is CCCNc1ccncc1C(=O)Nc1cnccc1C. The standard InChI is InChI=1S/C15H18N4O/c1-3-6-18-13-5-8-16-9-12(13)15(20)19-14-10-17-7-4-11(14)2/h4-5,7-10H,3,6H2,1-2H3,(H,16,18)(H,19,20). The molecule has 0 radical (unpaired) electrons. The van der Waals surface area contributed by atoms with E-state index in [0.717, 1.165) is 24.2 Å². The third-order valence-electron chi connectivity index (χ3n) is 2.92. The molecule has 20 heavy (non-hydrogen) atoms. The molecule has 2 aromatic rings. The van der Waals surface area contributed by atoms with E-state index in [4.69, 9.17) is 0 Å². The van der Waals surface area contributed by atoms with E-state index in [-0.39, 0.29) is 5.91 Å². The van der Waals surface area contributed by atoms with Crippen LogP contribution in [0.2, 0.25) is 0 Å². The van der Waals surface area contributed by atoms with E-state index in [1.54, 1.807) is 30.9 Å². The number of rotatable bonds is 5. The summed E-state index contributed by atoms with van der Waals surface area (Å²) in [4.78, 5) is 20.4. The van der Waals surface area contributed by atoms with Crippen LogP contribution in [0, 0.1) is 6.92 Å². The van der Waals surface area contributed by atoms with Gasteiger partial charge in [0.05, 0.1) is 23.1 Å². The first-order valence-electron chi connectivity index (χ1n) is 6.62. The van der Waals surface area contributed by atoms with Gasteiger partial charge in [-0.3, -0.25) is 14.8 Å². The van der Waals surface area contributed by atoms with Gasteiger partial charge in [-0.2, -0.15) is 0 Å². The van der Waals surface area contributed by atoms with Crippen LogP contribution in [0.5, 0.6) is 0 Å². The number of pyridine rings is 2. The lowest BCUT2D eigenvalue weighted by Crippen LogP contribution is -2.16. The van der Waals surface area contributed by atoms with Crippen molar-refractivity contribution in [3.05, 3.63) is 48.0 Å². The van der Waals surface area contributed by atoms with Crippen LogP contribution >= 0.6 is 0 Å². The second-order valence-corrected chi connectivity index (χ2v) is 4.49. The Labute approximate surface area is 118 Å². The molecule has 0 aliphatic heterocycles. The quantitative estimate of drug-likeness (QED) is 0.876. The highest BCUT2D eigenvalue weighted by atomic mass is 16.1. The molecule has 5 nitrogen and oxygen atoms in total. The van der Waals surface area contributed by atoms with Crippen LogP contribution in [-0.4, -0.2) is 22.4 Å². The molecule has 5 heteroatoms. The molecule has 0 fully saturated rings. The molecule has 0 saturated carbocycles. The second-order valence-electron chi connectivity index (χ2n) is 4.49. The summed E-state index contributed by atoms with van der Waals surface area (Å²) in [5.74, 6) is -0.187. The van der Waals surface area contributed by atoms with Gasteiger partial charge in [0.1, 0.15) is 0 Å². The van der Waals surface area contributed by atoms with Crippen molar-refractivity contribution in [2.75, 3.05) is 17.2 Å². The number of hydrogen-bond donors (Lipinski definition) is 2. The molecule has 0 unspecified atom stereocenters. The van der Waals surface area contributed by atoms with Crippen molar-refractivity contribution in [2.45, 2.75) is 20.3 Å². The average Bonchev–Trinajstić information content (AvgIpc) is 2.47. The Kier molecular flexibility index (Phi) is 4.65. The van der Waals surface area contributed by atoms with Gasteiger partial charge in [0.2, 0.25) is 0 Å². The van der Waals surface area contributed by atoms with Crippen molar-refractivity contribution in [3.63, 3.8) is 0 Å². The van der Waals surface area contributed by atoms with Crippen LogP contribution in [0.15, 0.2) is 36.9 Å². The van der Waals surface area contributed by atoms with Crippen LogP contribution in [0.3, 0.4) is 0 Å². The van der Waals surface area contributed by atoms with Gasteiger partial charge in [-0.25, -0.2) is 0 Å². The number of nitrogens with zero attached hydrogens (tertiary/aromatic N) is 2. The fraction of sp³-hybridized carbons (Fsp3) is 0.267.